The maximum absolute atomic E-state index is 13.7. The fourth-order valence-electron chi connectivity index (χ4n) is 1.70. The van der Waals surface area contributed by atoms with Gasteiger partial charge in [-0.25, -0.2) is 4.39 Å². The molecule has 0 radical (unpaired) electrons. The van der Waals surface area contributed by atoms with Gasteiger partial charge in [0.1, 0.15) is 6.10 Å². The third-order valence-electron chi connectivity index (χ3n) is 2.63. The molecule has 2 rings (SSSR count). The Hall–Kier alpha value is -1.10. The summed E-state index contributed by atoms with van der Waals surface area (Å²) in [5, 5.41) is 0.551. The first-order valence-electron chi connectivity index (χ1n) is 5.68. The van der Waals surface area contributed by atoms with Gasteiger partial charge in [-0.2, -0.15) is 0 Å². The van der Waals surface area contributed by atoms with Crippen molar-refractivity contribution in [2.45, 2.75) is 6.10 Å². The Kier molecular flexibility index (Phi) is 4.80. The number of ether oxygens (including phenoxy) is 1. The van der Waals surface area contributed by atoms with Crippen LogP contribution in [0.2, 0.25) is 5.02 Å². The SMILES string of the molecule is NCC(Oc1ccc(Br)cc1F)c1ccccc1Cl. The molecule has 19 heavy (non-hydrogen) atoms. The van der Waals surface area contributed by atoms with Crippen LogP contribution in [0.15, 0.2) is 46.9 Å². The fraction of sp³-hybridized carbons (Fsp3) is 0.143. The summed E-state index contributed by atoms with van der Waals surface area (Å²) in [6.07, 6.45) is -0.482. The molecule has 0 aliphatic heterocycles. The molecule has 2 nitrogen and oxygen atoms in total. The number of benzene rings is 2. The standard InChI is InChI=1S/C14H12BrClFNO/c15-9-5-6-13(12(17)7-9)19-14(8-18)10-3-1-2-4-11(10)16/h1-7,14H,8,18H2. The lowest BCUT2D eigenvalue weighted by atomic mass is 10.1. The summed E-state index contributed by atoms with van der Waals surface area (Å²) in [6.45, 7) is 0.208. The van der Waals surface area contributed by atoms with Crippen LogP contribution in [0.3, 0.4) is 0 Å². The fourth-order valence-corrected chi connectivity index (χ4v) is 2.29. The lowest BCUT2D eigenvalue weighted by Crippen LogP contribution is -2.19. The van der Waals surface area contributed by atoms with Crippen LogP contribution in [-0.2, 0) is 0 Å². The van der Waals surface area contributed by atoms with Crippen LogP contribution in [0.5, 0.6) is 5.75 Å². The summed E-state index contributed by atoms with van der Waals surface area (Å²) in [6, 6.07) is 11.8. The third-order valence-corrected chi connectivity index (χ3v) is 3.47. The molecule has 0 amide bonds. The van der Waals surface area contributed by atoms with Crippen LogP contribution >= 0.6 is 27.5 Å². The molecule has 1 unspecified atom stereocenters. The van der Waals surface area contributed by atoms with Gasteiger partial charge in [0.15, 0.2) is 11.6 Å². The molecule has 0 heterocycles. The van der Waals surface area contributed by atoms with Gasteiger partial charge >= 0.3 is 0 Å². The van der Waals surface area contributed by atoms with E-state index in [1.54, 1.807) is 18.2 Å². The van der Waals surface area contributed by atoms with Crippen molar-refractivity contribution in [3.8, 4) is 5.75 Å². The molecule has 0 bridgehead atoms. The second-order valence-electron chi connectivity index (χ2n) is 3.94. The quantitative estimate of drug-likeness (QED) is 0.896. The highest BCUT2D eigenvalue weighted by molar-refractivity contribution is 9.10. The lowest BCUT2D eigenvalue weighted by molar-refractivity contribution is 0.204. The minimum Gasteiger partial charge on any atom is -0.481 e. The Labute approximate surface area is 124 Å². The van der Waals surface area contributed by atoms with Gasteiger partial charge in [0, 0.05) is 21.6 Å². The number of rotatable bonds is 4. The Balaban J connectivity index is 2.27. The van der Waals surface area contributed by atoms with Gasteiger partial charge in [-0.15, -0.1) is 0 Å². The average molecular weight is 345 g/mol. The van der Waals surface area contributed by atoms with E-state index >= 15 is 0 Å². The van der Waals surface area contributed by atoms with Gasteiger partial charge in [0.25, 0.3) is 0 Å². The maximum atomic E-state index is 13.7. The van der Waals surface area contributed by atoms with Crippen molar-refractivity contribution in [3.05, 3.63) is 63.3 Å². The van der Waals surface area contributed by atoms with E-state index in [0.29, 0.717) is 9.50 Å². The van der Waals surface area contributed by atoms with Crippen molar-refractivity contribution in [2.75, 3.05) is 6.54 Å². The average Bonchev–Trinajstić information content (AvgIpc) is 2.39. The van der Waals surface area contributed by atoms with E-state index in [0.717, 1.165) is 5.56 Å². The molecule has 100 valence electrons. The Morgan fingerprint density at radius 3 is 2.63 bits per heavy atom. The van der Waals surface area contributed by atoms with Gasteiger partial charge in [0.05, 0.1) is 0 Å². The van der Waals surface area contributed by atoms with Crippen LogP contribution < -0.4 is 10.5 Å². The highest BCUT2D eigenvalue weighted by Gasteiger charge is 2.16. The summed E-state index contributed by atoms with van der Waals surface area (Å²) in [5.74, 6) is -0.293. The van der Waals surface area contributed by atoms with E-state index in [1.165, 1.54) is 6.07 Å². The highest BCUT2D eigenvalue weighted by atomic mass is 79.9. The second-order valence-corrected chi connectivity index (χ2v) is 5.26. The second kappa shape index (κ2) is 6.37. The van der Waals surface area contributed by atoms with Crippen molar-refractivity contribution in [2.24, 2.45) is 5.73 Å². The van der Waals surface area contributed by atoms with Crippen molar-refractivity contribution >= 4 is 27.5 Å². The van der Waals surface area contributed by atoms with Crippen LogP contribution in [0, 0.1) is 5.82 Å². The summed E-state index contributed by atoms with van der Waals surface area (Å²) in [5.41, 5.74) is 6.43. The zero-order chi connectivity index (χ0) is 13.8. The predicted octanol–water partition coefficient (Wildman–Crippen LogP) is 4.32. The lowest BCUT2D eigenvalue weighted by Gasteiger charge is -2.19. The summed E-state index contributed by atoms with van der Waals surface area (Å²) in [7, 11) is 0. The van der Waals surface area contributed by atoms with Crippen molar-refractivity contribution in [1.29, 1.82) is 0 Å². The first kappa shape index (κ1) is 14.3. The zero-order valence-corrected chi connectivity index (χ0v) is 12.3. The van der Waals surface area contributed by atoms with Crippen molar-refractivity contribution in [1.82, 2.24) is 0 Å². The van der Waals surface area contributed by atoms with Gasteiger partial charge in [-0.05, 0) is 24.3 Å². The van der Waals surface area contributed by atoms with E-state index in [1.807, 2.05) is 18.2 Å². The Morgan fingerprint density at radius 1 is 1.26 bits per heavy atom. The molecule has 0 fully saturated rings. The number of hydrogen-bond donors (Lipinski definition) is 1. The molecule has 0 saturated carbocycles. The largest absolute Gasteiger partial charge is 0.481 e. The van der Waals surface area contributed by atoms with Gasteiger partial charge in [0.2, 0.25) is 0 Å². The highest BCUT2D eigenvalue weighted by Crippen LogP contribution is 2.29. The molecule has 2 N–H and O–H groups in total. The minimum absolute atomic E-state index is 0.151. The van der Waals surface area contributed by atoms with E-state index in [9.17, 15) is 4.39 Å². The van der Waals surface area contributed by atoms with Crippen molar-refractivity contribution < 1.29 is 9.13 Å². The van der Waals surface area contributed by atoms with Gasteiger partial charge < -0.3 is 10.5 Å². The van der Waals surface area contributed by atoms with Crippen LogP contribution in [0.4, 0.5) is 4.39 Å². The van der Waals surface area contributed by atoms with E-state index in [-0.39, 0.29) is 12.3 Å². The number of hydrogen-bond acceptors (Lipinski definition) is 2. The van der Waals surface area contributed by atoms with Crippen LogP contribution in [-0.4, -0.2) is 6.54 Å². The molecular weight excluding hydrogens is 333 g/mol. The normalized spacial score (nSPS) is 12.2. The zero-order valence-electron chi connectivity index (χ0n) is 9.95. The molecule has 2 aromatic carbocycles. The van der Waals surface area contributed by atoms with Gasteiger partial charge in [-0.1, -0.05) is 45.7 Å². The summed E-state index contributed by atoms with van der Waals surface area (Å²) in [4.78, 5) is 0. The van der Waals surface area contributed by atoms with Crippen LogP contribution in [0.25, 0.3) is 0 Å². The number of nitrogens with two attached hydrogens (primary N) is 1. The number of halogens is 3. The minimum atomic E-state index is -0.482. The summed E-state index contributed by atoms with van der Waals surface area (Å²) < 4.78 is 20.0. The molecule has 1 atom stereocenters. The van der Waals surface area contributed by atoms with Crippen molar-refractivity contribution in [3.63, 3.8) is 0 Å². The monoisotopic (exact) mass is 343 g/mol. The molecule has 5 heteroatoms. The summed E-state index contributed by atoms with van der Waals surface area (Å²) >= 11 is 9.29. The Morgan fingerprint density at radius 2 is 2.00 bits per heavy atom. The first-order chi connectivity index (χ1) is 9.11. The molecule has 0 saturated heterocycles. The topological polar surface area (TPSA) is 35.2 Å². The third kappa shape index (κ3) is 3.47. The molecule has 0 aliphatic carbocycles. The first-order valence-corrected chi connectivity index (χ1v) is 6.85. The molecule has 0 aliphatic rings. The van der Waals surface area contributed by atoms with Gasteiger partial charge in [-0.3, -0.25) is 0 Å². The maximum Gasteiger partial charge on any atom is 0.166 e. The predicted molar refractivity (Wildman–Crippen MR) is 78.0 cm³/mol. The van der Waals surface area contributed by atoms with E-state index in [2.05, 4.69) is 15.9 Å². The molecular formula is C14H12BrClFNO. The van der Waals surface area contributed by atoms with Crippen LogP contribution in [0.1, 0.15) is 11.7 Å². The van der Waals surface area contributed by atoms with E-state index in [4.69, 9.17) is 22.1 Å². The van der Waals surface area contributed by atoms with E-state index < -0.39 is 11.9 Å². The molecule has 2 aromatic rings. The molecule has 0 spiro atoms. The molecule has 0 aromatic heterocycles. The Bertz CT molecular complexity index is 579. The smallest absolute Gasteiger partial charge is 0.166 e.